The van der Waals surface area contributed by atoms with E-state index in [-0.39, 0.29) is 72.4 Å². The number of hydrogen-bond acceptors (Lipinski definition) is 13. The molecule has 0 aliphatic carbocycles. The SMILES string of the molecule is C=CCOC(=O)N1c2cc(OCCCC(=O)Nc3cc(C(=O)Nc4ccc(-c5cc(C(=O)Nc6ccc(NC(=O)[C@H](C)NC(=O)[C@@H](N)C(C)C)cc6)n(C)c5)cc4)n(C)c3)c(OC)cc2C(=O)N2CCCC[C@H]2C1OC1CCCCO1. The van der Waals surface area contributed by atoms with Gasteiger partial charge in [0.2, 0.25) is 17.7 Å². The summed E-state index contributed by atoms with van der Waals surface area (Å²) < 4.78 is 33.4. The number of aromatic nitrogens is 2. The molecule has 7 amide bonds. The maximum Gasteiger partial charge on any atom is 0.416 e. The van der Waals surface area contributed by atoms with E-state index in [9.17, 15) is 33.6 Å². The molecule has 2 saturated heterocycles. The van der Waals surface area contributed by atoms with Crippen molar-refractivity contribution in [2.45, 2.75) is 103 Å². The lowest BCUT2D eigenvalue weighted by Crippen LogP contribution is -2.57. The average Bonchev–Trinajstić information content (AvgIpc) is 4.22. The zero-order valence-corrected chi connectivity index (χ0v) is 46.6. The van der Waals surface area contributed by atoms with E-state index in [0.717, 1.165) is 36.8 Å². The number of piperidine rings is 1. The summed E-state index contributed by atoms with van der Waals surface area (Å²) in [5.41, 5.74) is 10.5. The van der Waals surface area contributed by atoms with Gasteiger partial charge in [-0.05, 0) is 118 Å². The summed E-state index contributed by atoms with van der Waals surface area (Å²) in [6, 6.07) is 18.2. The first-order valence-electron chi connectivity index (χ1n) is 27.2. The van der Waals surface area contributed by atoms with Crippen molar-refractivity contribution in [2.75, 3.05) is 59.6 Å². The smallest absolute Gasteiger partial charge is 0.416 e. The Morgan fingerprint density at radius 3 is 2.07 bits per heavy atom. The van der Waals surface area contributed by atoms with Crippen LogP contribution in [0.5, 0.6) is 11.5 Å². The summed E-state index contributed by atoms with van der Waals surface area (Å²) in [6.07, 6.45) is 7.74. The molecule has 3 aliphatic rings. The van der Waals surface area contributed by atoms with Crippen LogP contribution in [0.3, 0.4) is 0 Å². The lowest BCUT2D eigenvalue weighted by molar-refractivity contribution is -0.198. The molecule has 0 radical (unpaired) electrons. The zero-order chi connectivity index (χ0) is 57.9. The largest absolute Gasteiger partial charge is 0.493 e. The molecule has 5 aromatic rings. The topological polar surface area (TPSA) is 268 Å². The highest BCUT2D eigenvalue weighted by Crippen LogP contribution is 2.42. The number of nitrogens with zero attached hydrogens (tertiary/aromatic N) is 4. The quantitative estimate of drug-likeness (QED) is 0.0303. The fraction of sp³-hybridized carbons (Fsp3) is 0.407. The van der Waals surface area contributed by atoms with Crippen LogP contribution in [0.1, 0.15) is 103 Å². The molecule has 22 heteroatoms. The third kappa shape index (κ3) is 14.3. The van der Waals surface area contributed by atoms with E-state index in [1.165, 1.54) is 18.1 Å². The van der Waals surface area contributed by atoms with Crippen LogP contribution in [0, 0.1) is 5.92 Å². The number of carbonyl (C=O) groups excluding carboxylic acids is 7. The van der Waals surface area contributed by atoms with Crippen molar-refractivity contribution < 1.29 is 57.2 Å². The summed E-state index contributed by atoms with van der Waals surface area (Å²) in [6.45, 7) is 9.93. The predicted octanol–water partition coefficient (Wildman–Crippen LogP) is 7.77. The second kappa shape index (κ2) is 26.7. The first kappa shape index (κ1) is 58.7. The van der Waals surface area contributed by atoms with Gasteiger partial charge in [0.1, 0.15) is 24.0 Å². The van der Waals surface area contributed by atoms with E-state index in [4.69, 9.17) is 29.4 Å². The molecule has 0 bridgehead atoms. The highest BCUT2D eigenvalue weighted by Gasteiger charge is 2.47. The molecule has 22 nitrogen and oxygen atoms in total. The summed E-state index contributed by atoms with van der Waals surface area (Å²) in [7, 11) is 4.92. The number of ether oxygens (including phenoxy) is 5. The number of amides is 7. The van der Waals surface area contributed by atoms with Gasteiger partial charge in [0, 0.05) is 74.8 Å². The van der Waals surface area contributed by atoms with Crippen LogP contribution in [0.2, 0.25) is 0 Å². The van der Waals surface area contributed by atoms with Gasteiger partial charge in [0.15, 0.2) is 24.0 Å². The molecule has 5 heterocycles. The van der Waals surface area contributed by atoms with Gasteiger partial charge >= 0.3 is 6.09 Å². The Morgan fingerprint density at radius 1 is 0.765 bits per heavy atom. The maximum atomic E-state index is 14.3. The monoisotopic (exact) mass is 1110 g/mol. The summed E-state index contributed by atoms with van der Waals surface area (Å²) >= 11 is 0. The van der Waals surface area contributed by atoms with Gasteiger partial charge in [0.05, 0.1) is 42.7 Å². The highest BCUT2D eigenvalue weighted by atomic mass is 16.7. The minimum atomic E-state index is -0.919. The van der Waals surface area contributed by atoms with Crippen molar-refractivity contribution in [3.05, 3.63) is 115 Å². The number of nitrogens with one attached hydrogen (secondary N) is 5. The highest BCUT2D eigenvalue weighted by molar-refractivity contribution is 6.07. The van der Waals surface area contributed by atoms with E-state index < -0.39 is 54.5 Å². The third-order valence-corrected chi connectivity index (χ3v) is 14.3. The van der Waals surface area contributed by atoms with Crippen molar-refractivity contribution in [3.8, 4) is 22.6 Å². The molecule has 81 heavy (non-hydrogen) atoms. The van der Waals surface area contributed by atoms with Crippen LogP contribution >= 0.6 is 0 Å². The number of methoxy groups -OCH3 is 1. The Balaban J connectivity index is 0.836. The van der Waals surface area contributed by atoms with Gasteiger partial charge in [-0.3, -0.25) is 28.8 Å². The minimum Gasteiger partial charge on any atom is -0.493 e. The molecule has 8 rings (SSSR count). The van der Waals surface area contributed by atoms with E-state index in [0.29, 0.717) is 60.1 Å². The number of hydrogen-bond donors (Lipinski definition) is 6. The molecule has 0 saturated carbocycles. The number of benzene rings is 3. The van der Waals surface area contributed by atoms with Gasteiger partial charge in [-0.15, -0.1) is 0 Å². The average molecular weight is 1110 g/mol. The molecular formula is C59H72N10O12. The second-order valence-corrected chi connectivity index (χ2v) is 20.6. The Labute approximate surface area is 470 Å². The van der Waals surface area contributed by atoms with Gasteiger partial charge in [-0.2, -0.15) is 0 Å². The van der Waals surface area contributed by atoms with Crippen LogP contribution in [0.15, 0.2) is 97.8 Å². The maximum absolute atomic E-state index is 14.3. The summed E-state index contributed by atoms with van der Waals surface area (Å²) in [5.74, 6) is -1.74. The van der Waals surface area contributed by atoms with Gasteiger partial charge in [-0.25, -0.2) is 9.69 Å². The van der Waals surface area contributed by atoms with Crippen molar-refractivity contribution in [1.82, 2.24) is 19.4 Å². The van der Waals surface area contributed by atoms with E-state index in [2.05, 4.69) is 33.2 Å². The summed E-state index contributed by atoms with van der Waals surface area (Å²) in [5, 5.41) is 14.0. The molecule has 3 aromatic carbocycles. The number of aryl methyl sites for hydroxylation is 2. The number of rotatable bonds is 21. The molecule has 5 atom stereocenters. The molecule has 0 spiro atoms. The Bertz CT molecular complexity index is 3110. The van der Waals surface area contributed by atoms with Crippen molar-refractivity contribution in [2.24, 2.45) is 25.7 Å². The van der Waals surface area contributed by atoms with Crippen LogP contribution in [-0.2, 0) is 42.7 Å². The standard InChI is InChI=1S/C59H72N10O12/c1-8-26-80-59(76)69-45-32-49(48(77-7)31-43(45)57(75)68-25-11-9-14-44(68)58(69)81-51-16-10-12-27-79-51)78-28-13-15-50(70)62-42-30-47(67(6)34-42)55(73)64-39-19-17-37(18-20-39)38-29-46(66(5)33-38)54(72)65-41-23-21-40(22-24-41)63-53(71)36(4)61-56(74)52(60)35(2)3/h8,17-24,29-36,44,51-52,58H,1,9-16,25-28,60H2,2-7H3,(H,61,74)(H,62,70)(H,63,71)(H,64,73)(H,65,72)/t36-,44-,51?,52-,58?/m0/s1. The Morgan fingerprint density at radius 2 is 1.42 bits per heavy atom. The fourth-order valence-electron chi connectivity index (χ4n) is 9.84. The zero-order valence-electron chi connectivity index (χ0n) is 46.6. The Kier molecular flexibility index (Phi) is 19.3. The number of anilines is 5. The predicted molar refractivity (Wildman–Crippen MR) is 305 cm³/mol. The number of nitrogens with two attached hydrogens (primary N) is 1. The van der Waals surface area contributed by atoms with E-state index in [1.807, 2.05) is 32.2 Å². The van der Waals surface area contributed by atoms with Gasteiger partial charge in [0.25, 0.3) is 17.7 Å². The molecule has 430 valence electrons. The Hall–Kier alpha value is -8.47. The molecular weight excluding hydrogens is 1040 g/mol. The van der Waals surface area contributed by atoms with E-state index in [1.54, 1.807) is 102 Å². The van der Waals surface area contributed by atoms with Gasteiger partial charge < -0.3 is 70.0 Å². The van der Waals surface area contributed by atoms with Crippen molar-refractivity contribution >= 4 is 70.0 Å². The minimum absolute atomic E-state index is 0.0614. The van der Waals surface area contributed by atoms with Crippen LogP contribution in [-0.4, -0.2) is 120 Å². The third-order valence-electron chi connectivity index (χ3n) is 14.3. The summed E-state index contributed by atoms with van der Waals surface area (Å²) in [4.78, 5) is 96.6. The lowest BCUT2D eigenvalue weighted by atomic mass is 10.00. The van der Waals surface area contributed by atoms with Crippen LogP contribution in [0.25, 0.3) is 11.1 Å². The number of carbonyl (C=O) groups is 7. The second-order valence-electron chi connectivity index (χ2n) is 20.6. The van der Waals surface area contributed by atoms with Crippen LogP contribution < -0.4 is 46.7 Å². The van der Waals surface area contributed by atoms with Crippen LogP contribution in [0.4, 0.5) is 33.2 Å². The number of fused-ring (bicyclic) bond motifs is 2. The van der Waals surface area contributed by atoms with Gasteiger partial charge in [-0.1, -0.05) is 38.6 Å². The molecule has 2 fully saturated rings. The normalized spacial score (nSPS) is 17.6. The molecule has 2 unspecified atom stereocenters. The molecule has 7 N–H and O–H groups in total. The van der Waals surface area contributed by atoms with E-state index >= 15 is 0 Å². The fourth-order valence-corrected chi connectivity index (χ4v) is 9.84. The lowest BCUT2D eigenvalue weighted by Gasteiger charge is -2.42. The first-order chi connectivity index (χ1) is 38.9. The molecule has 2 aromatic heterocycles. The van der Waals surface area contributed by atoms with Crippen molar-refractivity contribution in [1.29, 1.82) is 0 Å². The first-order valence-corrected chi connectivity index (χ1v) is 27.2. The van der Waals surface area contributed by atoms with Crippen molar-refractivity contribution in [3.63, 3.8) is 0 Å². The molecule has 3 aliphatic heterocycles.